The molecule has 0 N–H and O–H groups in total. The van der Waals surface area contributed by atoms with Crippen LogP contribution >= 0.6 is 11.8 Å². The van der Waals surface area contributed by atoms with E-state index in [0.29, 0.717) is 18.8 Å². The van der Waals surface area contributed by atoms with Gasteiger partial charge in [0.05, 0.1) is 18.4 Å². The molecule has 0 aromatic heterocycles. The van der Waals surface area contributed by atoms with Crippen molar-refractivity contribution in [1.82, 2.24) is 0 Å². The second kappa shape index (κ2) is 11.4. The van der Waals surface area contributed by atoms with Gasteiger partial charge in [0.1, 0.15) is 0 Å². The van der Waals surface area contributed by atoms with E-state index in [0.717, 1.165) is 31.4 Å². The number of carbonyl (C=O) groups is 1. The van der Waals surface area contributed by atoms with Crippen LogP contribution in [-0.2, 0) is 9.53 Å². The largest absolute Gasteiger partial charge is 0.465 e. The molecule has 0 aliphatic carbocycles. The highest BCUT2D eigenvalue weighted by atomic mass is 32.2. The van der Waals surface area contributed by atoms with Crippen molar-refractivity contribution in [3.05, 3.63) is 0 Å². The van der Waals surface area contributed by atoms with Crippen LogP contribution in [0.2, 0.25) is 0 Å². The number of rotatable bonds is 9. The van der Waals surface area contributed by atoms with Crippen molar-refractivity contribution in [2.24, 2.45) is 0 Å². The van der Waals surface area contributed by atoms with Gasteiger partial charge in [0.15, 0.2) is 0 Å². The van der Waals surface area contributed by atoms with E-state index in [2.05, 4.69) is 13.0 Å². The highest BCUT2D eigenvalue weighted by molar-refractivity contribution is 7.99. The quantitative estimate of drug-likeness (QED) is 0.450. The molecular weight excluding hydrogens is 210 g/mol. The molecule has 0 saturated carbocycles. The summed E-state index contributed by atoms with van der Waals surface area (Å²) in [5.41, 5.74) is 0. The summed E-state index contributed by atoms with van der Waals surface area (Å²) in [6, 6.07) is 2.07. The Hall–Kier alpha value is -0.690. The first-order chi connectivity index (χ1) is 7.31. The zero-order valence-corrected chi connectivity index (χ0v) is 10.1. The summed E-state index contributed by atoms with van der Waals surface area (Å²) in [6.45, 7) is 2.66. The van der Waals surface area contributed by atoms with Gasteiger partial charge < -0.3 is 4.74 Å². The molecule has 0 heterocycles. The maximum Gasteiger partial charge on any atom is 0.315 e. The number of hydrogen-bond donors (Lipinski definition) is 0. The average molecular weight is 229 g/mol. The third kappa shape index (κ3) is 11.2. The molecule has 0 aromatic carbocycles. The van der Waals surface area contributed by atoms with Gasteiger partial charge in [-0.15, -0.1) is 0 Å². The van der Waals surface area contributed by atoms with E-state index in [1.807, 2.05) is 0 Å². The summed E-state index contributed by atoms with van der Waals surface area (Å²) in [4.78, 5) is 11.1. The second-order valence-corrected chi connectivity index (χ2v) is 4.35. The fourth-order valence-corrected chi connectivity index (χ4v) is 1.73. The van der Waals surface area contributed by atoms with Gasteiger partial charge in [0, 0.05) is 6.42 Å². The second-order valence-electron chi connectivity index (χ2n) is 3.24. The number of carbonyl (C=O) groups excluding carboxylic acids is 1. The number of unbranched alkanes of at least 4 members (excludes halogenated alkanes) is 3. The Kier molecular flexibility index (Phi) is 10.9. The molecular formula is C11H19NO2S. The molecule has 4 heteroatoms. The molecule has 0 aliphatic rings. The molecule has 0 fully saturated rings. The molecule has 86 valence electrons. The van der Waals surface area contributed by atoms with E-state index in [1.54, 1.807) is 0 Å². The van der Waals surface area contributed by atoms with Crippen molar-refractivity contribution >= 4 is 17.7 Å². The van der Waals surface area contributed by atoms with Gasteiger partial charge in [-0.25, -0.2) is 0 Å². The number of thioether (sulfide) groups is 1. The fourth-order valence-electron chi connectivity index (χ4n) is 0.989. The van der Waals surface area contributed by atoms with Gasteiger partial charge in [-0.3, -0.25) is 4.79 Å². The third-order valence-electron chi connectivity index (χ3n) is 1.81. The van der Waals surface area contributed by atoms with Gasteiger partial charge in [0.2, 0.25) is 0 Å². The Labute approximate surface area is 96.2 Å². The van der Waals surface area contributed by atoms with Gasteiger partial charge >= 0.3 is 5.97 Å². The third-order valence-corrected chi connectivity index (χ3v) is 2.83. The fraction of sp³-hybridized carbons (Fsp3) is 0.818. The summed E-state index contributed by atoms with van der Waals surface area (Å²) in [6.07, 6.45) is 4.63. The first-order valence-electron chi connectivity index (χ1n) is 5.41. The van der Waals surface area contributed by atoms with E-state index in [1.165, 1.54) is 11.8 Å². The minimum Gasteiger partial charge on any atom is -0.465 e. The predicted octanol–water partition coefficient (Wildman–Crippen LogP) is 2.76. The topological polar surface area (TPSA) is 50.1 Å². The van der Waals surface area contributed by atoms with Gasteiger partial charge in [-0.2, -0.15) is 17.0 Å². The van der Waals surface area contributed by atoms with E-state index >= 15 is 0 Å². The summed E-state index contributed by atoms with van der Waals surface area (Å²) < 4.78 is 5.03. The number of nitriles is 1. The highest BCUT2D eigenvalue weighted by Gasteiger charge is 2.01. The summed E-state index contributed by atoms with van der Waals surface area (Å²) in [5.74, 6) is 1.14. The van der Waals surface area contributed by atoms with Crippen LogP contribution in [0, 0.1) is 11.3 Å². The van der Waals surface area contributed by atoms with Crippen molar-refractivity contribution < 1.29 is 9.53 Å². The first-order valence-corrected chi connectivity index (χ1v) is 6.57. The van der Waals surface area contributed by atoms with Crippen LogP contribution in [0.4, 0.5) is 0 Å². The van der Waals surface area contributed by atoms with Crippen molar-refractivity contribution in [3.63, 3.8) is 0 Å². The Morgan fingerprint density at radius 1 is 1.40 bits per heavy atom. The Balaban J connectivity index is 3.16. The number of nitrogens with zero attached hydrogens (tertiary/aromatic N) is 1. The van der Waals surface area contributed by atoms with Crippen molar-refractivity contribution in [2.45, 2.75) is 39.0 Å². The van der Waals surface area contributed by atoms with Crippen LogP contribution in [0.15, 0.2) is 0 Å². The molecule has 0 saturated heterocycles. The molecule has 15 heavy (non-hydrogen) atoms. The SMILES string of the molecule is CCCCCOC(=O)CSCCCC#N. The molecule has 0 amide bonds. The van der Waals surface area contributed by atoms with E-state index in [4.69, 9.17) is 10.00 Å². The highest BCUT2D eigenvalue weighted by Crippen LogP contribution is 2.05. The van der Waals surface area contributed by atoms with E-state index in [9.17, 15) is 4.79 Å². The van der Waals surface area contributed by atoms with Crippen LogP contribution in [0.3, 0.4) is 0 Å². The molecule has 0 aliphatic heterocycles. The normalized spacial score (nSPS) is 9.60. The number of esters is 1. The smallest absolute Gasteiger partial charge is 0.315 e. The summed E-state index contributed by atoms with van der Waals surface area (Å²) >= 11 is 1.54. The summed E-state index contributed by atoms with van der Waals surface area (Å²) in [7, 11) is 0. The summed E-state index contributed by atoms with van der Waals surface area (Å²) in [5, 5.41) is 8.29. The predicted molar refractivity (Wildman–Crippen MR) is 62.7 cm³/mol. The average Bonchev–Trinajstić information content (AvgIpc) is 2.24. The number of ether oxygens (including phenoxy) is 1. The first kappa shape index (κ1) is 14.3. The van der Waals surface area contributed by atoms with E-state index in [-0.39, 0.29) is 5.97 Å². The molecule has 0 unspecified atom stereocenters. The zero-order valence-electron chi connectivity index (χ0n) is 9.33. The van der Waals surface area contributed by atoms with Crippen molar-refractivity contribution in [1.29, 1.82) is 5.26 Å². The van der Waals surface area contributed by atoms with Gasteiger partial charge in [-0.1, -0.05) is 19.8 Å². The Bertz CT molecular complexity index is 201. The lowest BCUT2D eigenvalue weighted by atomic mass is 10.3. The molecule has 0 spiro atoms. The van der Waals surface area contributed by atoms with Crippen molar-refractivity contribution in [3.8, 4) is 6.07 Å². The zero-order chi connectivity index (χ0) is 11.4. The van der Waals surface area contributed by atoms with Crippen LogP contribution in [0.1, 0.15) is 39.0 Å². The van der Waals surface area contributed by atoms with Crippen LogP contribution in [-0.4, -0.2) is 24.1 Å². The molecule has 0 rings (SSSR count). The molecule has 0 radical (unpaired) electrons. The molecule has 3 nitrogen and oxygen atoms in total. The lowest BCUT2D eigenvalue weighted by Gasteiger charge is -2.03. The monoisotopic (exact) mass is 229 g/mol. The molecule has 0 bridgehead atoms. The lowest BCUT2D eigenvalue weighted by molar-refractivity contribution is -0.140. The Morgan fingerprint density at radius 2 is 2.20 bits per heavy atom. The lowest BCUT2D eigenvalue weighted by Crippen LogP contribution is -2.08. The van der Waals surface area contributed by atoms with Crippen molar-refractivity contribution in [2.75, 3.05) is 18.1 Å². The van der Waals surface area contributed by atoms with Gasteiger partial charge in [-0.05, 0) is 18.6 Å². The van der Waals surface area contributed by atoms with Gasteiger partial charge in [0.25, 0.3) is 0 Å². The Morgan fingerprint density at radius 3 is 2.87 bits per heavy atom. The molecule has 0 aromatic rings. The minimum absolute atomic E-state index is 0.131. The maximum absolute atomic E-state index is 11.1. The van der Waals surface area contributed by atoms with E-state index < -0.39 is 0 Å². The van der Waals surface area contributed by atoms with Crippen LogP contribution in [0.5, 0.6) is 0 Å². The number of hydrogen-bond acceptors (Lipinski definition) is 4. The maximum atomic E-state index is 11.1. The van der Waals surface area contributed by atoms with Crippen LogP contribution in [0.25, 0.3) is 0 Å². The minimum atomic E-state index is -0.131. The standard InChI is InChI=1S/C11H19NO2S/c1-2-3-5-8-14-11(13)10-15-9-6-4-7-12/h2-6,8-10H2,1H3. The molecule has 0 atom stereocenters. The van der Waals surface area contributed by atoms with Crippen LogP contribution < -0.4 is 0 Å².